The Morgan fingerprint density at radius 3 is 2.10 bits per heavy atom. The molecule has 0 saturated heterocycles. The predicted octanol–water partition coefficient (Wildman–Crippen LogP) is 3.69. The average molecular weight is 163 g/mol. The van der Waals surface area contributed by atoms with Gasteiger partial charge in [0.1, 0.15) is 0 Å². The molecule has 0 aromatic carbocycles. The van der Waals surface area contributed by atoms with Crippen molar-refractivity contribution in [2.24, 2.45) is 11.3 Å². The van der Waals surface area contributed by atoms with Gasteiger partial charge >= 0.3 is 0 Å². The van der Waals surface area contributed by atoms with Gasteiger partial charge in [0, 0.05) is 5.88 Å². The van der Waals surface area contributed by atoms with E-state index in [2.05, 4.69) is 27.7 Å². The fraction of sp³-hybridized carbons (Fsp3) is 1.00. The van der Waals surface area contributed by atoms with Crippen LogP contribution in [0.4, 0.5) is 0 Å². The van der Waals surface area contributed by atoms with Crippen LogP contribution >= 0.6 is 11.6 Å². The van der Waals surface area contributed by atoms with Gasteiger partial charge in [0.2, 0.25) is 0 Å². The van der Waals surface area contributed by atoms with Gasteiger partial charge in [-0.15, -0.1) is 11.6 Å². The second-order valence-electron chi connectivity index (χ2n) is 4.35. The number of hydrogen-bond acceptors (Lipinski definition) is 0. The van der Waals surface area contributed by atoms with Crippen molar-refractivity contribution in [3.8, 4) is 0 Å². The van der Waals surface area contributed by atoms with Crippen molar-refractivity contribution in [1.82, 2.24) is 0 Å². The van der Waals surface area contributed by atoms with Crippen molar-refractivity contribution < 1.29 is 0 Å². The molecule has 0 fully saturated rings. The van der Waals surface area contributed by atoms with Crippen molar-refractivity contribution in [3.63, 3.8) is 0 Å². The minimum absolute atomic E-state index is 0.464. The maximum absolute atomic E-state index is 5.63. The first-order valence-electron chi connectivity index (χ1n) is 4.01. The summed E-state index contributed by atoms with van der Waals surface area (Å²) in [7, 11) is 0. The Morgan fingerprint density at radius 1 is 1.30 bits per heavy atom. The lowest BCUT2D eigenvalue weighted by Crippen LogP contribution is -2.11. The predicted molar refractivity (Wildman–Crippen MR) is 48.6 cm³/mol. The first-order chi connectivity index (χ1) is 4.45. The molecule has 0 unspecified atom stereocenters. The molecule has 0 amide bonds. The summed E-state index contributed by atoms with van der Waals surface area (Å²) in [5.74, 6) is 1.58. The van der Waals surface area contributed by atoms with Crippen molar-refractivity contribution in [2.45, 2.75) is 40.5 Å². The summed E-state index contributed by atoms with van der Waals surface area (Å²) in [5.41, 5.74) is 0.464. The lowest BCUT2D eigenvalue weighted by atomic mass is 9.84. The normalized spacial score (nSPS) is 15.3. The molecule has 0 rings (SSSR count). The Balaban J connectivity index is 3.47. The van der Waals surface area contributed by atoms with Crippen LogP contribution in [-0.2, 0) is 0 Å². The molecule has 0 radical (unpaired) electrons. The van der Waals surface area contributed by atoms with E-state index in [9.17, 15) is 0 Å². The van der Waals surface area contributed by atoms with Gasteiger partial charge in [-0.1, -0.05) is 27.7 Å². The SMILES string of the molecule is C[C@H](CCCl)CC(C)(C)C. The third kappa shape index (κ3) is 6.41. The molecule has 0 spiro atoms. The molecular formula is C9H19Cl. The van der Waals surface area contributed by atoms with Gasteiger partial charge in [-0.3, -0.25) is 0 Å². The highest BCUT2D eigenvalue weighted by Crippen LogP contribution is 2.25. The molecule has 0 aliphatic carbocycles. The van der Waals surface area contributed by atoms with Crippen LogP contribution in [0.3, 0.4) is 0 Å². The zero-order chi connectivity index (χ0) is 8.20. The molecule has 0 N–H and O–H groups in total. The van der Waals surface area contributed by atoms with Crippen molar-refractivity contribution in [2.75, 3.05) is 5.88 Å². The topological polar surface area (TPSA) is 0 Å². The van der Waals surface area contributed by atoms with Crippen LogP contribution in [0.25, 0.3) is 0 Å². The Bertz CT molecular complexity index is 81.2. The van der Waals surface area contributed by atoms with E-state index in [0.717, 1.165) is 18.2 Å². The molecule has 62 valence electrons. The second kappa shape index (κ2) is 4.23. The van der Waals surface area contributed by atoms with E-state index in [4.69, 9.17) is 11.6 Å². The van der Waals surface area contributed by atoms with Crippen LogP contribution in [0.15, 0.2) is 0 Å². The fourth-order valence-corrected chi connectivity index (χ4v) is 1.71. The first kappa shape index (κ1) is 10.3. The monoisotopic (exact) mass is 162 g/mol. The van der Waals surface area contributed by atoms with Crippen molar-refractivity contribution >= 4 is 11.6 Å². The molecule has 0 aliphatic heterocycles. The van der Waals surface area contributed by atoms with E-state index >= 15 is 0 Å². The average Bonchev–Trinajstić information content (AvgIpc) is 1.59. The van der Waals surface area contributed by atoms with Crippen LogP contribution in [0.5, 0.6) is 0 Å². The molecule has 0 aromatic heterocycles. The van der Waals surface area contributed by atoms with Crippen LogP contribution in [-0.4, -0.2) is 5.88 Å². The minimum atomic E-state index is 0.464. The summed E-state index contributed by atoms with van der Waals surface area (Å²) < 4.78 is 0. The van der Waals surface area contributed by atoms with Crippen LogP contribution < -0.4 is 0 Å². The van der Waals surface area contributed by atoms with Gasteiger partial charge < -0.3 is 0 Å². The Labute approximate surface area is 70.0 Å². The first-order valence-corrected chi connectivity index (χ1v) is 4.55. The molecule has 0 nitrogen and oxygen atoms in total. The Hall–Kier alpha value is 0.290. The maximum atomic E-state index is 5.63. The zero-order valence-corrected chi connectivity index (χ0v) is 8.33. The van der Waals surface area contributed by atoms with E-state index in [0.29, 0.717) is 5.41 Å². The maximum Gasteiger partial charge on any atom is 0.0225 e. The quantitative estimate of drug-likeness (QED) is 0.556. The summed E-state index contributed by atoms with van der Waals surface area (Å²) in [4.78, 5) is 0. The molecule has 0 bridgehead atoms. The van der Waals surface area contributed by atoms with Crippen molar-refractivity contribution in [3.05, 3.63) is 0 Å². The smallest absolute Gasteiger partial charge is 0.0225 e. The molecular weight excluding hydrogens is 144 g/mol. The highest BCUT2D eigenvalue weighted by molar-refractivity contribution is 6.17. The highest BCUT2D eigenvalue weighted by Gasteiger charge is 2.14. The van der Waals surface area contributed by atoms with Crippen LogP contribution in [0.1, 0.15) is 40.5 Å². The van der Waals surface area contributed by atoms with Gasteiger partial charge in [-0.05, 0) is 24.2 Å². The molecule has 0 aliphatic rings. The zero-order valence-electron chi connectivity index (χ0n) is 7.58. The molecule has 0 saturated carbocycles. The molecule has 0 aromatic rings. The number of hydrogen-bond donors (Lipinski definition) is 0. The van der Waals surface area contributed by atoms with Gasteiger partial charge in [0.15, 0.2) is 0 Å². The van der Waals surface area contributed by atoms with Gasteiger partial charge in [-0.25, -0.2) is 0 Å². The molecule has 10 heavy (non-hydrogen) atoms. The van der Waals surface area contributed by atoms with E-state index in [1.807, 2.05) is 0 Å². The van der Waals surface area contributed by atoms with Crippen molar-refractivity contribution in [1.29, 1.82) is 0 Å². The fourth-order valence-electron chi connectivity index (χ4n) is 1.33. The highest BCUT2D eigenvalue weighted by atomic mass is 35.5. The van der Waals surface area contributed by atoms with E-state index in [-0.39, 0.29) is 0 Å². The summed E-state index contributed by atoms with van der Waals surface area (Å²) in [5, 5.41) is 0. The van der Waals surface area contributed by atoms with Gasteiger partial charge in [0.25, 0.3) is 0 Å². The summed E-state index contributed by atoms with van der Waals surface area (Å²) in [6, 6.07) is 0. The minimum Gasteiger partial charge on any atom is -0.127 e. The van der Waals surface area contributed by atoms with E-state index < -0.39 is 0 Å². The lowest BCUT2D eigenvalue weighted by Gasteiger charge is -2.22. The van der Waals surface area contributed by atoms with Gasteiger partial charge in [0.05, 0.1) is 0 Å². The third-order valence-corrected chi connectivity index (χ3v) is 1.78. The van der Waals surface area contributed by atoms with Crippen LogP contribution in [0.2, 0.25) is 0 Å². The lowest BCUT2D eigenvalue weighted by molar-refractivity contribution is 0.303. The Morgan fingerprint density at radius 2 is 1.80 bits per heavy atom. The van der Waals surface area contributed by atoms with E-state index in [1.165, 1.54) is 6.42 Å². The second-order valence-corrected chi connectivity index (χ2v) is 4.73. The number of halogens is 1. The Kier molecular flexibility index (Phi) is 4.35. The van der Waals surface area contributed by atoms with E-state index in [1.54, 1.807) is 0 Å². The number of alkyl halides is 1. The summed E-state index contributed by atoms with van der Waals surface area (Å²) in [6.45, 7) is 9.10. The largest absolute Gasteiger partial charge is 0.127 e. The molecule has 1 heteroatoms. The summed E-state index contributed by atoms with van der Waals surface area (Å²) in [6.07, 6.45) is 2.43. The number of rotatable bonds is 3. The third-order valence-electron chi connectivity index (χ3n) is 1.56. The molecule has 0 heterocycles. The molecule has 1 atom stereocenters. The standard InChI is InChI=1S/C9H19Cl/c1-8(5-6-10)7-9(2,3)4/h8H,5-7H2,1-4H3/t8-/m1/s1. The van der Waals surface area contributed by atoms with Crippen LogP contribution in [0, 0.1) is 11.3 Å². The van der Waals surface area contributed by atoms with Gasteiger partial charge in [-0.2, -0.15) is 0 Å². The summed E-state index contributed by atoms with van der Waals surface area (Å²) >= 11 is 5.63.